The second-order valence-corrected chi connectivity index (χ2v) is 4.43. The third-order valence-corrected chi connectivity index (χ3v) is 3.11. The van der Waals surface area contributed by atoms with Gasteiger partial charge in [0.05, 0.1) is 5.52 Å². The number of fused-ring (bicyclic) bond motifs is 1. The number of nitrogens with zero attached hydrogens (tertiary/aromatic N) is 1. The third-order valence-electron chi connectivity index (χ3n) is 3.11. The lowest BCUT2D eigenvalue weighted by Crippen LogP contribution is -2.19. The molecular weight excluding hydrogens is 242 g/mol. The molecule has 0 unspecified atom stereocenters. The van der Waals surface area contributed by atoms with E-state index in [0.29, 0.717) is 11.9 Å². The number of para-hydroxylation sites is 1. The number of rotatable bonds is 4. The van der Waals surface area contributed by atoms with E-state index in [-0.39, 0.29) is 5.56 Å². The van der Waals surface area contributed by atoms with Gasteiger partial charge >= 0.3 is 5.97 Å². The first kappa shape index (κ1) is 13.1. The standard InChI is InChI=1S/C15H15NO3/c1-3-10(2)8-16-9-12(15(18)19)14(17)11-6-4-5-7-13(11)16/h4-7,9H,2-3,8H2,1H3,(H,18,19). The van der Waals surface area contributed by atoms with Gasteiger partial charge in [-0.05, 0) is 18.6 Å². The Morgan fingerprint density at radius 3 is 2.68 bits per heavy atom. The zero-order valence-corrected chi connectivity index (χ0v) is 10.7. The predicted octanol–water partition coefficient (Wildman–Crippen LogP) is 2.67. The monoisotopic (exact) mass is 257 g/mol. The van der Waals surface area contributed by atoms with Gasteiger partial charge in [0.1, 0.15) is 5.56 Å². The van der Waals surface area contributed by atoms with Crippen molar-refractivity contribution < 1.29 is 9.90 Å². The fraction of sp³-hybridized carbons (Fsp3) is 0.200. The summed E-state index contributed by atoms with van der Waals surface area (Å²) in [7, 11) is 0. The van der Waals surface area contributed by atoms with Crippen LogP contribution in [0.5, 0.6) is 0 Å². The van der Waals surface area contributed by atoms with Gasteiger partial charge in [-0.2, -0.15) is 0 Å². The number of carbonyl (C=O) groups is 1. The Morgan fingerprint density at radius 1 is 1.37 bits per heavy atom. The Kier molecular flexibility index (Phi) is 3.51. The molecule has 1 N–H and O–H groups in total. The van der Waals surface area contributed by atoms with Gasteiger partial charge in [-0.15, -0.1) is 0 Å². The van der Waals surface area contributed by atoms with Gasteiger partial charge in [-0.25, -0.2) is 4.79 Å². The Hall–Kier alpha value is -2.36. The van der Waals surface area contributed by atoms with Crippen LogP contribution in [0.1, 0.15) is 23.7 Å². The molecule has 1 aromatic heterocycles. The number of hydrogen-bond acceptors (Lipinski definition) is 2. The van der Waals surface area contributed by atoms with E-state index >= 15 is 0 Å². The second-order valence-electron chi connectivity index (χ2n) is 4.43. The molecule has 19 heavy (non-hydrogen) atoms. The number of aromatic carboxylic acids is 1. The first-order valence-electron chi connectivity index (χ1n) is 6.06. The molecule has 0 fully saturated rings. The molecule has 2 aromatic rings. The van der Waals surface area contributed by atoms with Crippen LogP contribution >= 0.6 is 0 Å². The highest BCUT2D eigenvalue weighted by Gasteiger charge is 2.14. The van der Waals surface area contributed by atoms with Crippen LogP contribution in [0.4, 0.5) is 0 Å². The first-order valence-corrected chi connectivity index (χ1v) is 6.06. The van der Waals surface area contributed by atoms with E-state index in [2.05, 4.69) is 6.58 Å². The zero-order chi connectivity index (χ0) is 14.0. The molecule has 0 bridgehead atoms. The van der Waals surface area contributed by atoms with Crippen molar-refractivity contribution >= 4 is 16.9 Å². The summed E-state index contributed by atoms with van der Waals surface area (Å²) >= 11 is 0. The zero-order valence-electron chi connectivity index (χ0n) is 10.7. The number of benzene rings is 1. The average molecular weight is 257 g/mol. The highest BCUT2D eigenvalue weighted by Crippen LogP contribution is 2.14. The van der Waals surface area contributed by atoms with Gasteiger partial charge in [0.25, 0.3) is 0 Å². The van der Waals surface area contributed by atoms with Crippen LogP contribution in [0.15, 0.2) is 47.4 Å². The van der Waals surface area contributed by atoms with Crippen molar-refractivity contribution in [3.05, 3.63) is 58.4 Å². The molecule has 1 heterocycles. The van der Waals surface area contributed by atoms with Gasteiger partial charge in [0.2, 0.25) is 5.43 Å². The lowest BCUT2D eigenvalue weighted by molar-refractivity contribution is 0.0695. The van der Waals surface area contributed by atoms with Crippen molar-refractivity contribution in [1.82, 2.24) is 4.57 Å². The molecule has 0 aliphatic heterocycles. The Morgan fingerprint density at radius 2 is 2.05 bits per heavy atom. The normalized spacial score (nSPS) is 10.6. The Bertz CT molecular complexity index is 713. The van der Waals surface area contributed by atoms with Crippen molar-refractivity contribution in [3.8, 4) is 0 Å². The topological polar surface area (TPSA) is 59.3 Å². The molecule has 98 valence electrons. The van der Waals surface area contributed by atoms with Gasteiger partial charge in [0, 0.05) is 18.1 Å². The second kappa shape index (κ2) is 5.10. The van der Waals surface area contributed by atoms with E-state index in [1.165, 1.54) is 6.20 Å². The summed E-state index contributed by atoms with van der Waals surface area (Å²) in [5, 5.41) is 9.53. The predicted molar refractivity (Wildman–Crippen MR) is 74.6 cm³/mol. The fourth-order valence-corrected chi connectivity index (χ4v) is 1.98. The van der Waals surface area contributed by atoms with Crippen molar-refractivity contribution in [3.63, 3.8) is 0 Å². The lowest BCUT2D eigenvalue weighted by Gasteiger charge is -2.13. The van der Waals surface area contributed by atoms with E-state index < -0.39 is 11.4 Å². The van der Waals surface area contributed by atoms with E-state index in [1.807, 2.05) is 19.1 Å². The number of aromatic nitrogens is 1. The number of allylic oxidation sites excluding steroid dienone is 1. The minimum atomic E-state index is -1.20. The van der Waals surface area contributed by atoms with E-state index in [1.54, 1.807) is 16.7 Å². The third kappa shape index (κ3) is 2.42. The fourth-order valence-electron chi connectivity index (χ4n) is 1.98. The number of carboxylic acid groups (broad SMARTS) is 1. The van der Waals surface area contributed by atoms with E-state index in [4.69, 9.17) is 5.11 Å². The lowest BCUT2D eigenvalue weighted by atomic mass is 10.1. The van der Waals surface area contributed by atoms with Crippen LogP contribution < -0.4 is 5.43 Å². The molecule has 1 aromatic carbocycles. The van der Waals surface area contributed by atoms with Crippen molar-refractivity contribution in [2.24, 2.45) is 0 Å². The molecule has 0 aliphatic carbocycles. The molecule has 0 radical (unpaired) electrons. The SMILES string of the molecule is C=C(CC)Cn1cc(C(=O)O)c(=O)c2ccccc21. The molecule has 4 nitrogen and oxygen atoms in total. The Labute approximate surface area is 110 Å². The number of pyridine rings is 1. The van der Waals surface area contributed by atoms with Crippen molar-refractivity contribution in [2.45, 2.75) is 19.9 Å². The van der Waals surface area contributed by atoms with Crippen LogP contribution in [0, 0.1) is 0 Å². The average Bonchev–Trinajstić information content (AvgIpc) is 2.41. The van der Waals surface area contributed by atoms with Gasteiger partial charge in [-0.3, -0.25) is 4.79 Å². The number of carboxylic acids is 1. The molecule has 2 rings (SSSR count). The van der Waals surface area contributed by atoms with Crippen molar-refractivity contribution in [2.75, 3.05) is 0 Å². The highest BCUT2D eigenvalue weighted by atomic mass is 16.4. The highest BCUT2D eigenvalue weighted by molar-refractivity contribution is 5.92. The summed E-state index contributed by atoms with van der Waals surface area (Å²) < 4.78 is 1.77. The number of hydrogen-bond donors (Lipinski definition) is 1. The summed E-state index contributed by atoms with van der Waals surface area (Å²) in [6.45, 7) is 6.43. The molecule has 0 atom stereocenters. The summed E-state index contributed by atoms with van der Waals surface area (Å²) in [6, 6.07) is 7.02. The van der Waals surface area contributed by atoms with Gasteiger partial charge in [0.15, 0.2) is 0 Å². The largest absolute Gasteiger partial charge is 0.477 e. The maximum Gasteiger partial charge on any atom is 0.341 e. The van der Waals surface area contributed by atoms with Crippen LogP contribution in [0.3, 0.4) is 0 Å². The molecule has 0 amide bonds. The summed E-state index contributed by atoms with van der Waals surface area (Å²) in [5.74, 6) is -1.20. The minimum Gasteiger partial charge on any atom is -0.477 e. The molecule has 0 saturated heterocycles. The molecular formula is C15H15NO3. The summed E-state index contributed by atoms with van der Waals surface area (Å²) in [4.78, 5) is 23.2. The van der Waals surface area contributed by atoms with Gasteiger partial charge < -0.3 is 9.67 Å². The van der Waals surface area contributed by atoms with E-state index in [9.17, 15) is 9.59 Å². The maximum atomic E-state index is 12.1. The van der Waals surface area contributed by atoms with Crippen molar-refractivity contribution in [1.29, 1.82) is 0 Å². The van der Waals surface area contributed by atoms with E-state index in [0.717, 1.165) is 17.5 Å². The van der Waals surface area contributed by atoms with Crippen LogP contribution in [0.2, 0.25) is 0 Å². The molecule has 0 saturated carbocycles. The van der Waals surface area contributed by atoms with Gasteiger partial charge in [-0.1, -0.05) is 31.2 Å². The first-order chi connectivity index (χ1) is 9.04. The van der Waals surface area contributed by atoms with Crippen LogP contribution in [0.25, 0.3) is 10.9 Å². The smallest absolute Gasteiger partial charge is 0.341 e. The molecule has 4 heteroatoms. The molecule has 0 aliphatic rings. The Balaban J connectivity index is 2.75. The quantitative estimate of drug-likeness (QED) is 0.857. The minimum absolute atomic E-state index is 0.206. The van der Waals surface area contributed by atoms with Crippen LogP contribution in [-0.2, 0) is 6.54 Å². The summed E-state index contributed by atoms with van der Waals surface area (Å²) in [5.41, 5.74) is 1.06. The maximum absolute atomic E-state index is 12.1. The van der Waals surface area contributed by atoms with Crippen LogP contribution in [-0.4, -0.2) is 15.6 Å². The molecule has 0 spiro atoms. The summed E-state index contributed by atoms with van der Waals surface area (Å²) in [6.07, 6.45) is 2.21.